The highest BCUT2D eigenvalue weighted by molar-refractivity contribution is 5.06. The molecule has 0 amide bonds. The van der Waals surface area contributed by atoms with E-state index in [2.05, 4.69) is 9.88 Å². The summed E-state index contributed by atoms with van der Waals surface area (Å²) in [6.07, 6.45) is 5.44. The van der Waals surface area contributed by atoms with Crippen LogP contribution in [0.4, 0.5) is 5.95 Å². The van der Waals surface area contributed by atoms with E-state index in [9.17, 15) is 15.2 Å². The molecule has 7 heteroatoms. The molecule has 0 saturated carbocycles. The Balaban J connectivity index is 1.75. The van der Waals surface area contributed by atoms with Crippen molar-refractivity contribution in [1.29, 1.82) is 0 Å². The molecule has 1 N–H and O–H groups in total. The van der Waals surface area contributed by atoms with Crippen LogP contribution in [0.25, 0.3) is 0 Å². The molecule has 1 aromatic heterocycles. The van der Waals surface area contributed by atoms with Gasteiger partial charge in [0.25, 0.3) is 0 Å². The Hall–Kier alpha value is -1.47. The summed E-state index contributed by atoms with van der Waals surface area (Å²) < 4.78 is 1.57. The lowest BCUT2D eigenvalue weighted by Crippen LogP contribution is -2.36. The van der Waals surface area contributed by atoms with Crippen molar-refractivity contribution < 1.29 is 10.0 Å². The first kappa shape index (κ1) is 13.0. The summed E-state index contributed by atoms with van der Waals surface area (Å²) in [5.74, 6) is -0.0935. The second-order valence-electron chi connectivity index (χ2n) is 4.60. The van der Waals surface area contributed by atoms with Crippen molar-refractivity contribution in [1.82, 2.24) is 14.5 Å². The third-order valence-electron chi connectivity index (χ3n) is 3.29. The van der Waals surface area contributed by atoms with Crippen molar-refractivity contribution in [2.45, 2.75) is 31.9 Å². The van der Waals surface area contributed by atoms with Crippen LogP contribution in [0.15, 0.2) is 12.4 Å². The SMILES string of the molecule is O=[N+]([O-])c1nccn1CCCN1CCC(O)CC1. The Morgan fingerprint density at radius 3 is 2.83 bits per heavy atom. The summed E-state index contributed by atoms with van der Waals surface area (Å²) >= 11 is 0. The Morgan fingerprint density at radius 2 is 2.17 bits per heavy atom. The molecule has 1 saturated heterocycles. The maximum Gasteiger partial charge on any atom is 0.434 e. The molecule has 0 spiro atoms. The first-order valence-electron chi connectivity index (χ1n) is 6.23. The normalized spacial score (nSPS) is 18.1. The molecule has 0 aromatic carbocycles. The number of hydrogen-bond acceptors (Lipinski definition) is 5. The highest BCUT2D eigenvalue weighted by Crippen LogP contribution is 2.12. The smallest absolute Gasteiger partial charge is 0.393 e. The maximum atomic E-state index is 10.7. The second kappa shape index (κ2) is 5.92. The van der Waals surface area contributed by atoms with E-state index in [1.165, 1.54) is 6.20 Å². The van der Waals surface area contributed by atoms with Gasteiger partial charge in [0, 0.05) is 19.6 Å². The van der Waals surface area contributed by atoms with Crippen LogP contribution in [0.5, 0.6) is 0 Å². The summed E-state index contributed by atoms with van der Waals surface area (Å²) in [6.45, 7) is 3.33. The van der Waals surface area contributed by atoms with Crippen LogP contribution in [-0.4, -0.2) is 50.2 Å². The minimum Gasteiger partial charge on any atom is -0.393 e. The number of imidazole rings is 1. The highest BCUT2D eigenvalue weighted by atomic mass is 16.6. The second-order valence-corrected chi connectivity index (χ2v) is 4.60. The van der Waals surface area contributed by atoms with Crippen molar-refractivity contribution in [2.24, 2.45) is 0 Å². The van der Waals surface area contributed by atoms with Gasteiger partial charge in [-0.05, 0) is 24.2 Å². The van der Waals surface area contributed by atoms with Crippen LogP contribution in [0.2, 0.25) is 0 Å². The summed E-state index contributed by atoms with van der Waals surface area (Å²) in [5.41, 5.74) is 0. The molecule has 0 unspecified atom stereocenters. The molecule has 0 aliphatic carbocycles. The fourth-order valence-electron chi connectivity index (χ4n) is 2.26. The molecule has 2 heterocycles. The molecule has 1 fully saturated rings. The van der Waals surface area contributed by atoms with Gasteiger partial charge in [0.1, 0.15) is 12.4 Å². The monoisotopic (exact) mass is 254 g/mol. The summed E-state index contributed by atoms with van der Waals surface area (Å²) in [7, 11) is 0. The number of nitro groups is 1. The first-order chi connectivity index (χ1) is 8.66. The van der Waals surface area contributed by atoms with Gasteiger partial charge in [-0.25, -0.2) is 4.57 Å². The van der Waals surface area contributed by atoms with Crippen LogP contribution in [0.3, 0.4) is 0 Å². The minimum absolute atomic E-state index is 0.0935. The predicted octanol–water partition coefficient (Wildman–Crippen LogP) is 0.638. The Morgan fingerprint density at radius 1 is 1.44 bits per heavy atom. The van der Waals surface area contributed by atoms with Gasteiger partial charge in [0.2, 0.25) is 0 Å². The van der Waals surface area contributed by atoms with Gasteiger partial charge in [0.15, 0.2) is 0 Å². The molecule has 1 aromatic rings. The third-order valence-corrected chi connectivity index (χ3v) is 3.29. The summed E-state index contributed by atoms with van der Waals surface area (Å²) in [6, 6.07) is 0. The maximum absolute atomic E-state index is 10.7. The van der Waals surface area contributed by atoms with Crippen LogP contribution < -0.4 is 0 Å². The van der Waals surface area contributed by atoms with E-state index in [0.717, 1.165) is 38.9 Å². The number of likely N-dealkylation sites (tertiary alicyclic amines) is 1. The molecule has 1 aliphatic rings. The van der Waals surface area contributed by atoms with E-state index in [1.807, 2.05) is 0 Å². The number of aliphatic hydroxyl groups is 1. The van der Waals surface area contributed by atoms with Crippen LogP contribution in [0, 0.1) is 10.1 Å². The Labute approximate surface area is 105 Å². The van der Waals surface area contributed by atoms with Crippen molar-refractivity contribution in [3.63, 3.8) is 0 Å². The van der Waals surface area contributed by atoms with E-state index in [0.29, 0.717) is 6.54 Å². The summed E-state index contributed by atoms with van der Waals surface area (Å²) in [5, 5.41) is 20.1. The molecule has 100 valence electrons. The van der Waals surface area contributed by atoms with E-state index in [1.54, 1.807) is 10.8 Å². The zero-order chi connectivity index (χ0) is 13.0. The predicted molar refractivity (Wildman–Crippen MR) is 65.2 cm³/mol. The van der Waals surface area contributed by atoms with Crippen molar-refractivity contribution >= 4 is 5.95 Å². The lowest BCUT2D eigenvalue weighted by Gasteiger charge is -2.29. The number of piperidine rings is 1. The van der Waals surface area contributed by atoms with E-state index >= 15 is 0 Å². The van der Waals surface area contributed by atoms with E-state index in [4.69, 9.17) is 0 Å². The standard InChI is InChI=1S/C11H18N4O3/c16-10-2-7-13(8-3-10)5-1-6-14-9-4-12-11(14)15(17)18/h4,9-10,16H,1-3,5-8H2. The molecule has 1 aliphatic heterocycles. The largest absolute Gasteiger partial charge is 0.434 e. The average Bonchev–Trinajstić information content (AvgIpc) is 2.80. The molecular weight excluding hydrogens is 236 g/mol. The Kier molecular flexibility index (Phi) is 4.27. The third kappa shape index (κ3) is 3.27. The van der Waals surface area contributed by atoms with Crippen molar-refractivity contribution in [3.05, 3.63) is 22.5 Å². The number of hydrogen-bond donors (Lipinski definition) is 1. The number of aromatic nitrogens is 2. The molecule has 7 nitrogen and oxygen atoms in total. The van der Waals surface area contributed by atoms with Gasteiger partial charge < -0.3 is 20.1 Å². The molecule has 0 atom stereocenters. The van der Waals surface area contributed by atoms with Gasteiger partial charge in [-0.3, -0.25) is 0 Å². The van der Waals surface area contributed by atoms with Gasteiger partial charge in [-0.1, -0.05) is 4.98 Å². The van der Waals surface area contributed by atoms with Gasteiger partial charge in [-0.15, -0.1) is 0 Å². The van der Waals surface area contributed by atoms with Crippen LogP contribution >= 0.6 is 0 Å². The number of rotatable bonds is 5. The van der Waals surface area contributed by atoms with Crippen LogP contribution in [-0.2, 0) is 6.54 Å². The minimum atomic E-state index is -0.461. The number of aryl methyl sites for hydroxylation is 1. The molecule has 18 heavy (non-hydrogen) atoms. The highest BCUT2D eigenvalue weighted by Gasteiger charge is 2.17. The van der Waals surface area contributed by atoms with E-state index < -0.39 is 4.92 Å². The quantitative estimate of drug-likeness (QED) is 0.615. The molecule has 0 bridgehead atoms. The lowest BCUT2D eigenvalue weighted by atomic mass is 10.1. The number of nitrogens with zero attached hydrogens (tertiary/aromatic N) is 4. The fourth-order valence-corrected chi connectivity index (χ4v) is 2.26. The van der Waals surface area contributed by atoms with Gasteiger partial charge in [-0.2, -0.15) is 0 Å². The number of aliphatic hydroxyl groups excluding tert-OH is 1. The molecule has 2 rings (SSSR count). The first-order valence-corrected chi connectivity index (χ1v) is 6.23. The van der Waals surface area contributed by atoms with Crippen molar-refractivity contribution in [2.75, 3.05) is 19.6 Å². The molecule has 0 radical (unpaired) electrons. The van der Waals surface area contributed by atoms with Crippen LogP contribution in [0.1, 0.15) is 19.3 Å². The zero-order valence-corrected chi connectivity index (χ0v) is 10.2. The van der Waals surface area contributed by atoms with Gasteiger partial charge in [0.05, 0.1) is 12.6 Å². The topological polar surface area (TPSA) is 84.4 Å². The van der Waals surface area contributed by atoms with Gasteiger partial charge >= 0.3 is 5.95 Å². The zero-order valence-electron chi connectivity index (χ0n) is 10.2. The summed E-state index contributed by atoms with van der Waals surface area (Å²) in [4.78, 5) is 16.2. The molecular formula is C11H18N4O3. The Bertz CT molecular complexity index is 399. The van der Waals surface area contributed by atoms with Crippen molar-refractivity contribution in [3.8, 4) is 0 Å². The lowest BCUT2D eigenvalue weighted by molar-refractivity contribution is -0.396. The fraction of sp³-hybridized carbons (Fsp3) is 0.727. The average molecular weight is 254 g/mol. The van der Waals surface area contributed by atoms with E-state index in [-0.39, 0.29) is 12.1 Å².